The highest BCUT2D eigenvalue weighted by atomic mass is 16.3. The smallest absolute Gasteiger partial charge is 0.110 e. The van der Waals surface area contributed by atoms with Gasteiger partial charge >= 0.3 is 0 Å². The zero-order valence-corrected chi connectivity index (χ0v) is 11.1. The fourth-order valence-corrected chi connectivity index (χ4v) is 1.93. The topological polar surface area (TPSA) is 33.4 Å². The quantitative estimate of drug-likeness (QED) is 0.727. The van der Waals surface area contributed by atoms with Crippen LogP contribution in [0.4, 0.5) is 0 Å². The predicted octanol–water partition coefficient (Wildman–Crippen LogP) is 3.79. The molecule has 1 unspecified atom stereocenters. The van der Waals surface area contributed by atoms with E-state index in [2.05, 4.69) is 20.8 Å². The van der Waals surface area contributed by atoms with Gasteiger partial charge in [-0.1, -0.05) is 20.8 Å². The van der Waals surface area contributed by atoms with Crippen molar-refractivity contribution in [1.29, 1.82) is 0 Å². The molecule has 1 aromatic heterocycles. The normalized spacial score (nSPS) is 23.7. The van der Waals surface area contributed by atoms with Crippen molar-refractivity contribution in [2.24, 2.45) is 5.92 Å². The summed E-state index contributed by atoms with van der Waals surface area (Å²) >= 11 is 0. The highest BCUT2D eigenvalue weighted by Crippen LogP contribution is 2.36. The maximum atomic E-state index is 9.98. The third kappa shape index (κ3) is 3.38. The third-order valence-corrected chi connectivity index (χ3v) is 2.58. The van der Waals surface area contributed by atoms with E-state index in [-0.39, 0.29) is 0 Å². The lowest BCUT2D eigenvalue weighted by atomic mass is 9.84. The standard InChI is InChI=1S/C10H14O2.C4H10/c1-7-6-8-9(12-7)4-3-5-10(8,2)11;1-4(2)3/h6,11H,3-5H2,1-2H3;4H,1-3H3. The van der Waals surface area contributed by atoms with Crippen LogP contribution in [0.5, 0.6) is 0 Å². The molecule has 0 aromatic carbocycles. The summed E-state index contributed by atoms with van der Waals surface area (Å²) in [6, 6.07) is 1.95. The van der Waals surface area contributed by atoms with Crippen LogP contribution < -0.4 is 0 Å². The molecule has 16 heavy (non-hydrogen) atoms. The molecule has 0 amide bonds. The molecule has 0 fully saturated rings. The van der Waals surface area contributed by atoms with Gasteiger partial charge in [0.05, 0.1) is 5.60 Å². The highest BCUT2D eigenvalue weighted by molar-refractivity contribution is 5.29. The number of fused-ring (bicyclic) bond motifs is 1. The molecule has 2 rings (SSSR count). The Kier molecular flexibility index (Phi) is 4.20. The molecule has 0 aliphatic heterocycles. The van der Waals surface area contributed by atoms with Gasteiger partial charge in [-0.15, -0.1) is 0 Å². The molecule has 1 heterocycles. The number of rotatable bonds is 0. The van der Waals surface area contributed by atoms with Crippen LogP contribution in [0.3, 0.4) is 0 Å². The fraction of sp³-hybridized carbons (Fsp3) is 0.714. The average molecular weight is 224 g/mol. The largest absolute Gasteiger partial charge is 0.466 e. The van der Waals surface area contributed by atoms with Crippen LogP contribution in [0, 0.1) is 12.8 Å². The van der Waals surface area contributed by atoms with Crippen molar-refractivity contribution in [2.45, 2.75) is 59.5 Å². The molecule has 1 aliphatic carbocycles. The molecule has 1 aliphatic rings. The monoisotopic (exact) mass is 224 g/mol. The van der Waals surface area contributed by atoms with Gasteiger partial charge in [-0.05, 0) is 38.7 Å². The Labute approximate surface area is 98.7 Å². The predicted molar refractivity (Wildman–Crippen MR) is 66.5 cm³/mol. The molecule has 0 saturated carbocycles. The van der Waals surface area contributed by atoms with Crippen molar-refractivity contribution in [1.82, 2.24) is 0 Å². The van der Waals surface area contributed by atoms with Gasteiger partial charge in [0.1, 0.15) is 11.5 Å². The minimum absolute atomic E-state index is 0.661. The SMILES string of the molecule is CC(C)C.Cc1cc2c(o1)CCCC2(C)O. The van der Waals surface area contributed by atoms with Crippen molar-refractivity contribution >= 4 is 0 Å². The first-order valence-electron chi connectivity index (χ1n) is 6.15. The lowest BCUT2D eigenvalue weighted by Gasteiger charge is -2.27. The van der Waals surface area contributed by atoms with E-state index in [0.29, 0.717) is 0 Å². The molecule has 1 aromatic rings. The van der Waals surface area contributed by atoms with Gasteiger partial charge < -0.3 is 9.52 Å². The molecule has 92 valence electrons. The van der Waals surface area contributed by atoms with Crippen LogP contribution >= 0.6 is 0 Å². The Balaban J connectivity index is 0.000000280. The van der Waals surface area contributed by atoms with Gasteiger partial charge in [-0.3, -0.25) is 0 Å². The molecule has 0 radical (unpaired) electrons. The van der Waals surface area contributed by atoms with Crippen LogP contribution in [-0.2, 0) is 12.0 Å². The first-order chi connectivity index (χ1) is 7.33. The first-order valence-corrected chi connectivity index (χ1v) is 6.15. The average Bonchev–Trinajstić information content (AvgIpc) is 2.45. The van der Waals surface area contributed by atoms with Crippen LogP contribution in [0.2, 0.25) is 0 Å². The Bertz CT molecular complexity index is 332. The third-order valence-electron chi connectivity index (χ3n) is 2.58. The van der Waals surface area contributed by atoms with E-state index < -0.39 is 5.60 Å². The Morgan fingerprint density at radius 1 is 1.38 bits per heavy atom. The zero-order chi connectivity index (χ0) is 12.3. The number of aryl methyl sites for hydroxylation is 2. The van der Waals surface area contributed by atoms with E-state index in [1.54, 1.807) is 0 Å². The number of aliphatic hydroxyl groups is 1. The summed E-state index contributed by atoms with van der Waals surface area (Å²) in [5.41, 5.74) is 0.331. The van der Waals surface area contributed by atoms with E-state index in [0.717, 1.165) is 42.3 Å². The van der Waals surface area contributed by atoms with E-state index in [1.165, 1.54) is 0 Å². The van der Waals surface area contributed by atoms with Crippen LogP contribution in [0.15, 0.2) is 10.5 Å². The Morgan fingerprint density at radius 2 is 1.94 bits per heavy atom. The summed E-state index contributed by atoms with van der Waals surface area (Å²) in [4.78, 5) is 0. The summed E-state index contributed by atoms with van der Waals surface area (Å²) in [7, 11) is 0. The summed E-state index contributed by atoms with van der Waals surface area (Å²) in [6.45, 7) is 10.3. The van der Waals surface area contributed by atoms with Gasteiger partial charge in [-0.2, -0.15) is 0 Å². The molecule has 2 nitrogen and oxygen atoms in total. The summed E-state index contributed by atoms with van der Waals surface area (Å²) in [6.07, 6.45) is 2.84. The maximum absolute atomic E-state index is 9.98. The maximum Gasteiger partial charge on any atom is 0.110 e. The van der Waals surface area contributed by atoms with Crippen molar-refractivity contribution in [3.05, 3.63) is 23.2 Å². The van der Waals surface area contributed by atoms with Crippen LogP contribution in [0.1, 0.15) is 57.6 Å². The van der Waals surface area contributed by atoms with E-state index in [4.69, 9.17) is 4.42 Å². The van der Waals surface area contributed by atoms with Crippen molar-refractivity contribution in [2.75, 3.05) is 0 Å². The van der Waals surface area contributed by atoms with E-state index in [1.807, 2.05) is 19.9 Å². The van der Waals surface area contributed by atoms with Crippen molar-refractivity contribution in [3.63, 3.8) is 0 Å². The first kappa shape index (κ1) is 13.3. The molecule has 2 heteroatoms. The molecular weight excluding hydrogens is 200 g/mol. The van der Waals surface area contributed by atoms with E-state index in [9.17, 15) is 5.11 Å². The second kappa shape index (κ2) is 5.05. The van der Waals surface area contributed by atoms with Crippen LogP contribution in [-0.4, -0.2) is 5.11 Å². The second-order valence-corrected chi connectivity index (χ2v) is 5.55. The summed E-state index contributed by atoms with van der Waals surface area (Å²) in [5.74, 6) is 2.71. The van der Waals surface area contributed by atoms with Crippen molar-refractivity contribution < 1.29 is 9.52 Å². The molecular formula is C14H24O2. The number of hydrogen-bond acceptors (Lipinski definition) is 2. The van der Waals surface area contributed by atoms with Gasteiger partial charge in [-0.25, -0.2) is 0 Å². The summed E-state index contributed by atoms with van der Waals surface area (Å²) in [5, 5.41) is 9.98. The second-order valence-electron chi connectivity index (χ2n) is 5.55. The lowest BCUT2D eigenvalue weighted by Crippen LogP contribution is -2.25. The number of furan rings is 1. The van der Waals surface area contributed by atoms with E-state index >= 15 is 0 Å². The van der Waals surface area contributed by atoms with Gasteiger partial charge in [0, 0.05) is 12.0 Å². The van der Waals surface area contributed by atoms with Gasteiger partial charge in [0.25, 0.3) is 0 Å². The minimum Gasteiger partial charge on any atom is -0.466 e. The van der Waals surface area contributed by atoms with Crippen molar-refractivity contribution in [3.8, 4) is 0 Å². The zero-order valence-electron chi connectivity index (χ0n) is 11.1. The lowest BCUT2D eigenvalue weighted by molar-refractivity contribution is 0.0363. The molecule has 1 atom stereocenters. The summed E-state index contributed by atoms with van der Waals surface area (Å²) < 4.78 is 5.48. The van der Waals surface area contributed by atoms with Crippen LogP contribution in [0.25, 0.3) is 0 Å². The van der Waals surface area contributed by atoms with Gasteiger partial charge in [0.15, 0.2) is 0 Å². The fourth-order valence-electron chi connectivity index (χ4n) is 1.93. The molecule has 0 saturated heterocycles. The molecule has 1 N–H and O–H groups in total. The van der Waals surface area contributed by atoms with Gasteiger partial charge in [0.2, 0.25) is 0 Å². The highest BCUT2D eigenvalue weighted by Gasteiger charge is 2.31. The Hall–Kier alpha value is -0.760. The minimum atomic E-state index is -0.661. The Morgan fingerprint density at radius 3 is 2.44 bits per heavy atom. The number of hydrogen-bond donors (Lipinski definition) is 1. The molecule has 0 spiro atoms. The molecule has 0 bridgehead atoms.